The van der Waals surface area contributed by atoms with Crippen LogP contribution < -0.4 is 10.6 Å². The van der Waals surface area contributed by atoms with Crippen LogP contribution in [-0.2, 0) is 11.2 Å². The van der Waals surface area contributed by atoms with Gasteiger partial charge in [-0.1, -0.05) is 48.5 Å². The van der Waals surface area contributed by atoms with Crippen LogP contribution >= 0.6 is 0 Å². The Morgan fingerprint density at radius 3 is 2.18 bits per heavy atom. The Morgan fingerprint density at radius 1 is 0.893 bits per heavy atom. The molecule has 0 radical (unpaired) electrons. The number of carbonyl (C=O) groups is 1. The summed E-state index contributed by atoms with van der Waals surface area (Å²) in [6.45, 7) is 0.547. The van der Waals surface area contributed by atoms with Gasteiger partial charge in [0.2, 0.25) is 0 Å². The third-order valence-corrected chi connectivity index (χ3v) is 7.33. The zero-order valence-electron chi connectivity index (χ0n) is 16.6. The third-order valence-electron chi connectivity index (χ3n) is 7.33. The molecule has 146 valence electrons. The number of nitrogens with two attached hydrogens (primary N) is 1. The van der Waals surface area contributed by atoms with Crippen LogP contribution in [-0.4, -0.2) is 18.0 Å². The van der Waals surface area contributed by atoms with Gasteiger partial charge in [0, 0.05) is 24.9 Å². The maximum absolute atomic E-state index is 12.8. The van der Waals surface area contributed by atoms with E-state index < -0.39 is 0 Å². The van der Waals surface area contributed by atoms with E-state index in [1.807, 2.05) is 18.2 Å². The minimum atomic E-state index is 0.135. The highest BCUT2D eigenvalue weighted by molar-refractivity contribution is 5.92. The number of hydrogen-bond acceptors (Lipinski definition) is 1. The normalized spacial score (nSPS) is 30.4. The molecule has 2 aromatic carbocycles. The van der Waals surface area contributed by atoms with Gasteiger partial charge in [0.25, 0.3) is 5.91 Å². The number of hydrogen-bond donors (Lipinski definition) is 2. The van der Waals surface area contributed by atoms with Crippen molar-refractivity contribution >= 4 is 11.6 Å². The molecule has 0 heterocycles. The molecular formula is C25H31N2O+. The fraction of sp³-hybridized carbons (Fsp3) is 0.480. The van der Waals surface area contributed by atoms with Gasteiger partial charge in [0.1, 0.15) is 0 Å². The van der Waals surface area contributed by atoms with Gasteiger partial charge in [0.05, 0.1) is 5.54 Å². The van der Waals surface area contributed by atoms with Crippen LogP contribution in [0.4, 0.5) is 5.69 Å². The molecule has 0 atom stereocenters. The van der Waals surface area contributed by atoms with Crippen molar-refractivity contribution in [2.24, 2.45) is 17.8 Å². The van der Waals surface area contributed by atoms with Gasteiger partial charge in [-0.05, 0) is 60.6 Å². The number of amides is 1. The van der Waals surface area contributed by atoms with Crippen molar-refractivity contribution in [2.75, 3.05) is 11.9 Å². The van der Waals surface area contributed by atoms with Crippen molar-refractivity contribution in [3.05, 3.63) is 65.7 Å². The van der Waals surface area contributed by atoms with Crippen molar-refractivity contribution in [1.82, 2.24) is 0 Å². The summed E-state index contributed by atoms with van der Waals surface area (Å²) >= 11 is 0. The first-order chi connectivity index (χ1) is 13.7. The number of nitrogens with one attached hydrogen (secondary N) is 1. The molecule has 4 bridgehead atoms. The minimum absolute atomic E-state index is 0.135. The average molecular weight is 376 g/mol. The Hall–Kier alpha value is -2.13. The molecule has 0 spiro atoms. The Kier molecular flexibility index (Phi) is 4.72. The van der Waals surface area contributed by atoms with Crippen molar-refractivity contribution in [1.29, 1.82) is 0 Å². The molecule has 2 aromatic rings. The van der Waals surface area contributed by atoms with E-state index in [1.54, 1.807) is 0 Å². The quantitative estimate of drug-likeness (QED) is 0.794. The van der Waals surface area contributed by atoms with Gasteiger partial charge in [-0.3, -0.25) is 4.79 Å². The van der Waals surface area contributed by atoms with Crippen LogP contribution in [0, 0.1) is 17.8 Å². The zero-order valence-corrected chi connectivity index (χ0v) is 16.6. The van der Waals surface area contributed by atoms with Gasteiger partial charge in [0.15, 0.2) is 6.54 Å². The van der Waals surface area contributed by atoms with E-state index in [1.165, 1.54) is 49.7 Å². The largest absolute Gasteiger partial charge is 0.334 e. The molecule has 6 rings (SSSR count). The Bertz CT molecular complexity index is 809. The van der Waals surface area contributed by atoms with Crippen LogP contribution in [0.15, 0.2) is 54.6 Å². The van der Waals surface area contributed by atoms with Gasteiger partial charge >= 0.3 is 0 Å². The van der Waals surface area contributed by atoms with Gasteiger partial charge in [-0.15, -0.1) is 0 Å². The lowest BCUT2D eigenvalue weighted by molar-refractivity contribution is -0.729. The Balaban J connectivity index is 1.22. The highest BCUT2D eigenvalue weighted by atomic mass is 16.1. The lowest BCUT2D eigenvalue weighted by Gasteiger charge is -2.54. The van der Waals surface area contributed by atoms with Crippen molar-refractivity contribution < 1.29 is 10.1 Å². The monoisotopic (exact) mass is 375 g/mol. The number of para-hydroxylation sites is 1. The molecule has 0 saturated heterocycles. The summed E-state index contributed by atoms with van der Waals surface area (Å²) in [6, 6.07) is 18.7. The maximum Gasteiger partial charge on any atom is 0.279 e. The van der Waals surface area contributed by atoms with E-state index >= 15 is 0 Å². The van der Waals surface area contributed by atoms with Gasteiger partial charge in [-0.25, -0.2) is 0 Å². The van der Waals surface area contributed by atoms with Crippen LogP contribution in [0.5, 0.6) is 0 Å². The molecule has 0 aromatic heterocycles. The van der Waals surface area contributed by atoms with Crippen LogP contribution in [0.2, 0.25) is 0 Å². The lowest BCUT2D eigenvalue weighted by Crippen LogP contribution is -3.00. The SMILES string of the molecule is O=C(C[NH2+]C12CC3CC(CC(C3)C1)C2)Nc1ccccc1Cc1ccccc1. The number of rotatable bonds is 6. The van der Waals surface area contributed by atoms with E-state index in [-0.39, 0.29) is 5.91 Å². The third kappa shape index (κ3) is 3.73. The lowest BCUT2D eigenvalue weighted by atomic mass is 9.53. The topological polar surface area (TPSA) is 45.7 Å². The van der Waals surface area contributed by atoms with Crippen molar-refractivity contribution in [3.63, 3.8) is 0 Å². The molecular weight excluding hydrogens is 344 g/mol. The molecule has 4 fully saturated rings. The summed E-state index contributed by atoms with van der Waals surface area (Å²) in [5, 5.41) is 5.59. The Labute approximate surface area is 167 Å². The van der Waals surface area contributed by atoms with Crippen LogP contribution in [0.3, 0.4) is 0 Å². The van der Waals surface area contributed by atoms with E-state index in [2.05, 4.69) is 47.0 Å². The molecule has 0 unspecified atom stereocenters. The predicted molar refractivity (Wildman–Crippen MR) is 112 cm³/mol. The zero-order chi connectivity index (χ0) is 19.0. The second-order valence-electron chi connectivity index (χ2n) is 9.56. The van der Waals surface area contributed by atoms with E-state index in [4.69, 9.17) is 0 Å². The molecule has 3 nitrogen and oxygen atoms in total. The van der Waals surface area contributed by atoms with Gasteiger partial charge < -0.3 is 10.6 Å². The fourth-order valence-electron chi connectivity index (χ4n) is 6.55. The second-order valence-corrected chi connectivity index (χ2v) is 9.56. The molecule has 4 aliphatic carbocycles. The summed E-state index contributed by atoms with van der Waals surface area (Å²) in [6.07, 6.45) is 9.19. The highest BCUT2D eigenvalue weighted by Crippen LogP contribution is 2.54. The molecule has 4 aliphatic rings. The molecule has 4 saturated carbocycles. The first-order valence-electron chi connectivity index (χ1n) is 10.9. The molecule has 3 heteroatoms. The van der Waals surface area contributed by atoms with Crippen molar-refractivity contribution in [2.45, 2.75) is 50.5 Å². The first-order valence-corrected chi connectivity index (χ1v) is 10.9. The summed E-state index contributed by atoms with van der Waals surface area (Å²) in [4.78, 5) is 12.8. The highest BCUT2D eigenvalue weighted by Gasteiger charge is 2.53. The van der Waals surface area contributed by atoms with Crippen LogP contribution in [0.25, 0.3) is 0 Å². The molecule has 28 heavy (non-hydrogen) atoms. The van der Waals surface area contributed by atoms with Gasteiger partial charge in [-0.2, -0.15) is 0 Å². The maximum atomic E-state index is 12.8. The summed E-state index contributed by atoms with van der Waals surface area (Å²) < 4.78 is 0. The molecule has 1 amide bonds. The minimum Gasteiger partial charge on any atom is -0.334 e. The second kappa shape index (κ2) is 7.36. The number of anilines is 1. The molecule has 0 aliphatic heterocycles. The van der Waals surface area contributed by atoms with Crippen molar-refractivity contribution in [3.8, 4) is 0 Å². The van der Waals surface area contributed by atoms with E-state index in [9.17, 15) is 4.79 Å². The Morgan fingerprint density at radius 2 is 1.50 bits per heavy atom. The molecule has 3 N–H and O–H groups in total. The fourth-order valence-corrected chi connectivity index (χ4v) is 6.55. The van der Waals surface area contributed by atoms with E-state index in [0.717, 1.165) is 29.9 Å². The number of carbonyl (C=O) groups excluding carboxylic acids is 1. The summed E-state index contributed by atoms with van der Waals surface area (Å²) in [5.74, 6) is 2.92. The van der Waals surface area contributed by atoms with E-state index in [0.29, 0.717) is 12.1 Å². The standard InChI is InChI=1S/C25H30N2O/c28-24(17-26-25-14-19-10-20(15-25)12-21(11-19)16-25)27-23-9-5-4-8-22(23)13-18-6-2-1-3-7-18/h1-9,19-21,26H,10-17H2,(H,27,28)/p+1. The smallest absolute Gasteiger partial charge is 0.279 e. The summed E-state index contributed by atoms with van der Waals surface area (Å²) in [5.41, 5.74) is 3.76. The predicted octanol–water partition coefficient (Wildman–Crippen LogP) is 3.75. The first kappa shape index (κ1) is 17.9. The summed E-state index contributed by atoms with van der Waals surface area (Å²) in [7, 11) is 0. The number of benzene rings is 2. The number of quaternary nitrogens is 1. The van der Waals surface area contributed by atoms with Crippen LogP contribution in [0.1, 0.15) is 49.7 Å². The average Bonchev–Trinajstić information content (AvgIpc) is 2.68.